The summed E-state index contributed by atoms with van der Waals surface area (Å²) in [6.45, 7) is 25.6. The first-order valence-electron chi connectivity index (χ1n) is 30.1. The fraction of sp³-hybridized carbons (Fsp3) is 0.125. The van der Waals surface area contributed by atoms with Crippen LogP contribution in [0.5, 0.6) is 0 Å². The first kappa shape index (κ1) is 56.2. The van der Waals surface area contributed by atoms with Gasteiger partial charge in [0.2, 0.25) is 5.69 Å². The minimum atomic E-state index is -0.361. The molecule has 0 aliphatic rings. The predicted molar refractivity (Wildman–Crippen MR) is 364 cm³/mol. The molecule has 0 bridgehead atoms. The first-order valence-corrected chi connectivity index (χ1v) is 30.1. The van der Waals surface area contributed by atoms with Crippen LogP contribution in [0.3, 0.4) is 0 Å². The van der Waals surface area contributed by atoms with E-state index in [4.69, 9.17) is 31.5 Å². The van der Waals surface area contributed by atoms with Crippen LogP contribution in [-0.4, -0.2) is 33.7 Å². The van der Waals surface area contributed by atoms with Gasteiger partial charge in [0.05, 0.1) is 51.9 Å². The maximum absolute atomic E-state index is 11.3. The number of aromatic nitrogens is 7. The van der Waals surface area contributed by atoms with Gasteiger partial charge in [-0.1, -0.05) is 199 Å². The van der Waals surface area contributed by atoms with Crippen LogP contribution < -0.4 is 0 Å². The molecule has 0 aliphatic heterocycles. The fourth-order valence-electron chi connectivity index (χ4n) is 12.8. The summed E-state index contributed by atoms with van der Waals surface area (Å²) in [5.41, 5.74) is 21.4. The van der Waals surface area contributed by atoms with E-state index in [9.17, 15) is 10.5 Å². The topological polar surface area (TPSA) is 125 Å². The zero-order chi connectivity index (χ0) is 62.2. The van der Waals surface area contributed by atoms with Gasteiger partial charge in [-0.3, -0.25) is 13.8 Å². The molecule has 0 radical (unpaired) electrons. The third-order valence-corrected chi connectivity index (χ3v) is 17.0. The molecule has 5 heterocycles. The van der Waals surface area contributed by atoms with Crippen LogP contribution in [0.2, 0.25) is 0 Å². The molecule has 0 fully saturated rings. The molecule has 90 heavy (non-hydrogen) atoms. The van der Waals surface area contributed by atoms with Crippen molar-refractivity contribution in [3.05, 3.63) is 264 Å². The van der Waals surface area contributed by atoms with Crippen molar-refractivity contribution in [1.82, 2.24) is 33.7 Å². The summed E-state index contributed by atoms with van der Waals surface area (Å²) in [6, 6.07) is 73.8. The lowest BCUT2D eigenvalue weighted by atomic mass is 9.85. The van der Waals surface area contributed by atoms with Crippen LogP contribution in [0.1, 0.15) is 75.7 Å². The van der Waals surface area contributed by atoms with Crippen LogP contribution in [0.4, 0.5) is 5.69 Å². The highest BCUT2D eigenvalue weighted by atomic mass is 15.1. The fourth-order valence-corrected chi connectivity index (χ4v) is 12.8. The number of pyridine rings is 1. The maximum Gasteiger partial charge on any atom is 0.220 e. The Morgan fingerprint density at radius 3 is 1.37 bits per heavy atom. The Kier molecular flexibility index (Phi) is 13.7. The molecular formula is C80H60N10. The third-order valence-electron chi connectivity index (χ3n) is 17.0. The van der Waals surface area contributed by atoms with Crippen molar-refractivity contribution < 1.29 is 0 Å². The van der Waals surface area contributed by atoms with Crippen molar-refractivity contribution in [2.75, 3.05) is 0 Å². The average molecular weight is 1160 g/mol. The monoisotopic (exact) mass is 1160 g/mol. The molecule has 10 nitrogen and oxygen atoms in total. The van der Waals surface area contributed by atoms with Gasteiger partial charge >= 0.3 is 0 Å². The summed E-state index contributed by atoms with van der Waals surface area (Å²) in [6.07, 6.45) is 5.86. The second-order valence-corrected chi connectivity index (χ2v) is 25.2. The van der Waals surface area contributed by atoms with Crippen molar-refractivity contribution in [2.24, 2.45) is 0 Å². The van der Waals surface area contributed by atoms with E-state index in [-0.39, 0.29) is 10.8 Å². The summed E-state index contributed by atoms with van der Waals surface area (Å²) >= 11 is 0. The van der Waals surface area contributed by atoms with Gasteiger partial charge in [-0.05, 0) is 134 Å². The van der Waals surface area contributed by atoms with Gasteiger partial charge in [-0.2, -0.15) is 10.5 Å². The average Bonchev–Trinajstić information content (AvgIpc) is 1.44. The van der Waals surface area contributed by atoms with Crippen LogP contribution in [0.15, 0.2) is 219 Å². The van der Waals surface area contributed by atoms with E-state index in [0.29, 0.717) is 27.8 Å². The second-order valence-electron chi connectivity index (χ2n) is 25.2. The predicted octanol–water partition coefficient (Wildman–Crippen LogP) is 20.0. The van der Waals surface area contributed by atoms with E-state index in [1.54, 1.807) is 0 Å². The molecule has 0 saturated carbocycles. The molecule has 0 unspecified atom stereocenters. The molecule has 0 spiro atoms. The van der Waals surface area contributed by atoms with Crippen molar-refractivity contribution in [2.45, 2.75) is 66.2 Å². The Morgan fingerprint density at radius 1 is 0.400 bits per heavy atom. The summed E-state index contributed by atoms with van der Waals surface area (Å²) in [5.74, 6) is 1.63. The van der Waals surface area contributed by atoms with Crippen LogP contribution in [0.25, 0.3) is 138 Å². The highest BCUT2D eigenvalue weighted by molar-refractivity contribution is 6.07. The van der Waals surface area contributed by atoms with Crippen molar-refractivity contribution in [3.8, 4) is 112 Å². The molecule has 430 valence electrons. The van der Waals surface area contributed by atoms with Gasteiger partial charge in [0.1, 0.15) is 29.0 Å². The molecule has 0 atom stereocenters. The molecule has 0 aliphatic carbocycles. The lowest BCUT2D eigenvalue weighted by Crippen LogP contribution is -2.19. The smallest absolute Gasteiger partial charge is 0.220 e. The van der Waals surface area contributed by atoms with E-state index >= 15 is 0 Å². The summed E-state index contributed by atoms with van der Waals surface area (Å²) in [7, 11) is 0. The summed E-state index contributed by atoms with van der Waals surface area (Å²) in [4.78, 5) is 29.7. The number of hydrogen-bond acceptors (Lipinski definition) is 7. The Morgan fingerprint density at radius 2 is 0.844 bits per heavy atom. The number of nitrogens with zero attached hydrogens (tertiary/aromatic N) is 10. The largest absolute Gasteiger partial charge is 0.287 e. The zero-order valence-electron chi connectivity index (χ0n) is 51.3. The zero-order valence-corrected chi connectivity index (χ0v) is 51.3. The maximum atomic E-state index is 11.3. The van der Waals surface area contributed by atoms with Crippen molar-refractivity contribution >= 4 is 38.8 Å². The first-order chi connectivity index (χ1) is 43.6. The molecule has 0 saturated heterocycles. The van der Waals surface area contributed by atoms with Crippen LogP contribution in [-0.2, 0) is 10.8 Å². The summed E-state index contributed by atoms with van der Waals surface area (Å²) < 4.78 is 4.12. The normalized spacial score (nSPS) is 11.7. The number of imidazole rings is 2. The Bertz CT molecular complexity index is 5160. The van der Waals surface area contributed by atoms with E-state index in [0.717, 1.165) is 145 Å². The number of hydrogen-bond donors (Lipinski definition) is 0. The number of nitriles is 2. The summed E-state index contributed by atoms with van der Waals surface area (Å²) in [5, 5.41) is 24.1. The highest BCUT2D eigenvalue weighted by Gasteiger charge is 2.28. The van der Waals surface area contributed by atoms with Crippen LogP contribution >= 0.6 is 0 Å². The van der Waals surface area contributed by atoms with E-state index < -0.39 is 0 Å². The second kappa shape index (κ2) is 21.9. The van der Waals surface area contributed by atoms with Crippen molar-refractivity contribution in [3.63, 3.8) is 0 Å². The van der Waals surface area contributed by atoms with E-state index in [1.165, 1.54) is 0 Å². The number of rotatable bonds is 9. The van der Waals surface area contributed by atoms with Gasteiger partial charge in [-0.25, -0.2) is 24.8 Å². The van der Waals surface area contributed by atoms with Crippen LogP contribution in [0, 0.1) is 43.1 Å². The van der Waals surface area contributed by atoms with Gasteiger partial charge < -0.3 is 0 Å². The number of benzene rings is 9. The molecule has 5 aromatic heterocycles. The molecule has 10 heteroatoms. The molecular weight excluding hydrogens is 1100 g/mol. The molecule has 14 aromatic rings. The Labute approximate surface area is 523 Å². The number of fused-ring (bicyclic) bond motifs is 6. The lowest BCUT2D eigenvalue weighted by molar-refractivity contribution is 0.539. The quantitative estimate of drug-likeness (QED) is 0.132. The van der Waals surface area contributed by atoms with Gasteiger partial charge in [0.15, 0.2) is 0 Å². The van der Waals surface area contributed by atoms with Gasteiger partial charge in [0, 0.05) is 56.9 Å². The van der Waals surface area contributed by atoms with Crippen molar-refractivity contribution in [1.29, 1.82) is 10.5 Å². The Balaban J connectivity index is 0.950. The third kappa shape index (κ3) is 9.80. The lowest BCUT2D eigenvalue weighted by Gasteiger charge is -2.22. The molecule has 9 aromatic carbocycles. The number of aryl methyl sites for hydroxylation is 2. The SMILES string of the molecule is [C-]#[N+]c1c(-c2ccccc2-c2cc(-c3ccccc3-c3ccc(-c4cc(-c5ccc(-c6ccccc6)cc5)ccn4)cc3C#N)cc(-c3ccccc3-c3ccc4c(nc(C(C)(C)C)n5cc(C)nc45)c3C#N)c2)ccc2c1nc(C(C)(C)C)n1cc(C)nc21. The Hall–Kier alpha value is -11.6. The molecule has 14 rings (SSSR count). The minimum absolute atomic E-state index is 0.356. The molecule has 0 amide bonds. The van der Waals surface area contributed by atoms with Gasteiger partial charge in [-0.15, -0.1) is 0 Å². The van der Waals surface area contributed by atoms with E-state index in [1.807, 2.05) is 111 Å². The van der Waals surface area contributed by atoms with E-state index in [2.05, 4.69) is 189 Å². The minimum Gasteiger partial charge on any atom is -0.287 e. The molecule has 0 N–H and O–H groups in total. The standard InChI is InChI=1S/C80H60N10/c1-48-46-89-75(85-48)68-35-33-66(70(45-82)72(68)87-77(89)79(3,4)5)64-25-17-14-22-60(64)56-40-55(41-57(42-56)61-23-15-18-26-65(61)67-34-36-69-74(73(67)83-9)88-78(80(6,7)8)90-47-49(2)86-76(69)90)59-21-13-16-24-63(59)62-32-31-54(39-58(62)44-81)71-43-53(37-38-84-71)52-29-27-51(28-30-52)50-19-11-10-12-20-50/h10-43,46-47H,1-8H3. The van der Waals surface area contributed by atoms with Gasteiger partial charge in [0.25, 0.3) is 0 Å². The highest BCUT2D eigenvalue weighted by Crippen LogP contribution is 2.47.